The molecule has 3 heteroatoms. The number of fused-ring (bicyclic) bond motifs is 3. The lowest BCUT2D eigenvalue weighted by Gasteiger charge is -2.35. The lowest BCUT2D eigenvalue weighted by Crippen LogP contribution is -2.28. The molecule has 8 aromatic rings. The Hall–Kier alpha value is -6.16. The van der Waals surface area contributed by atoms with Crippen molar-refractivity contribution in [2.45, 2.75) is 5.41 Å². The predicted molar refractivity (Wildman–Crippen MR) is 221 cm³/mol. The van der Waals surface area contributed by atoms with Crippen LogP contribution < -0.4 is 9.80 Å². The van der Waals surface area contributed by atoms with Gasteiger partial charge in [-0.1, -0.05) is 162 Å². The summed E-state index contributed by atoms with van der Waals surface area (Å²) in [6, 6.07) is 76.5. The molecule has 248 valence electrons. The van der Waals surface area contributed by atoms with Crippen molar-refractivity contribution in [3.63, 3.8) is 0 Å². The molecular formula is C49H35BrN2. The molecule has 8 aromatic carbocycles. The molecule has 0 unspecified atom stereocenters. The highest BCUT2D eigenvalue weighted by Crippen LogP contribution is 2.57. The van der Waals surface area contributed by atoms with E-state index >= 15 is 0 Å². The smallest absolute Gasteiger partial charge is 0.0714 e. The first-order valence-electron chi connectivity index (χ1n) is 17.6. The van der Waals surface area contributed by atoms with Gasteiger partial charge in [-0.2, -0.15) is 0 Å². The Balaban J connectivity index is 1.29. The first kappa shape index (κ1) is 31.8. The number of nitrogens with zero attached hydrogens (tertiary/aromatic N) is 2. The summed E-state index contributed by atoms with van der Waals surface area (Å²) in [6.45, 7) is 0. The van der Waals surface area contributed by atoms with Gasteiger partial charge in [0.15, 0.2) is 0 Å². The third-order valence-corrected chi connectivity index (χ3v) is 10.6. The molecule has 0 saturated heterocycles. The zero-order valence-corrected chi connectivity index (χ0v) is 30.1. The maximum Gasteiger partial charge on any atom is 0.0714 e. The topological polar surface area (TPSA) is 6.48 Å². The van der Waals surface area contributed by atoms with Gasteiger partial charge in [-0.25, -0.2) is 0 Å². The van der Waals surface area contributed by atoms with Crippen molar-refractivity contribution in [3.8, 4) is 11.1 Å². The first-order valence-corrected chi connectivity index (χ1v) is 18.4. The maximum atomic E-state index is 3.94. The van der Waals surface area contributed by atoms with E-state index in [-0.39, 0.29) is 0 Å². The Morgan fingerprint density at radius 2 is 0.712 bits per heavy atom. The Morgan fingerprint density at radius 1 is 0.308 bits per heavy atom. The normalized spacial score (nSPS) is 12.5. The van der Waals surface area contributed by atoms with Gasteiger partial charge in [0.2, 0.25) is 0 Å². The summed E-state index contributed by atoms with van der Waals surface area (Å²) in [4.78, 5) is 4.69. The fourth-order valence-corrected chi connectivity index (χ4v) is 8.48. The van der Waals surface area contributed by atoms with Gasteiger partial charge in [0.05, 0.1) is 5.41 Å². The highest BCUT2D eigenvalue weighted by molar-refractivity contribution is 9.10. The first-order chi connectivity index (χ1) is 25.7. The number of halogens is 1. The fourth-order valence-electron chi connectivity index (χ4n) is 8.01. The van der Waals surface area contributed by atoms with Crippen LogP contribution in [0.2, 0.25) is 0 Å². The van der Waals surface area contributed by atoms with E-state index in [9.17, 15) is 0 Å². The largest absolute Gasteiger partial charge is 0.310 e. The lowest BCUT2D eigenvalue weighted by molar-refractivity contribution is 0.768. The summed E-state index contributed by atoms with van der Waals surface area (Å²) < 4.78 is 0.995. The second-order valence-electron chi connectivity index (χ2n) is 13.1. The molecule has 2 nitrogen and oxygen atoms in total. The van der Waals surface area contributed by atoms with Crippen molar-refractivity contribution in [1.82, 2.24) is 0 Å². The van der Waals surface area contributed by atoms with Gasteiger partial charge < -0.3 is 9.80 Å². The lowest BCUT2D eigenvalue weighted by atomic mass is 9.67. The molecular weight excluding hydrogens is 696 g/mol. The molecule has 0 saturated carbocycles. The van der Waals surface area contributed by atoms with Crippen LogP contribution in [0.5, 0.6) is 0 Å². The number of rotatable bonds is 8. The molecule has 0 N–H and O–H groups in total. The van der Waals surface area contributed by atoms with Gasteiger partial charge >= 0.3 is 0 Å². The predicted octanol–water partition coefficient (Wildman–Crippen LogP) is 13.8. The molecule has 9 rings (SSSR count). The maximum absolute atomic E-state index is 3.94. The highest BCUT2D eigenvalue weighted by atomic mass is 79.9. The van der Waals surface area contributed by atoms with Gasteiger partial charge in [-0.05, 0) is 100 Å². The number of anilines is 6. The van der Waals surface area contributed by atoms with Gasteiger partial charge in [0, 0.05) is 38.6 Å². The summed E-state index contributed by atoms with van der Waals surface area (Å²) in [5.41, 5.74) is 13.6. The summed E-state index contributed by atoms with van der Waals surface area (Å²) in [6.07, 6.45) is 0. The summed E-state index contributed by atoms with van der Waals surface area (Å²) in [5.74, 6) is 0. The van der Waals surface area contributed by atoms with Crippen LogP contribution in [0.3, 0.4) is 0 Å². The average molecular weight is 732 g/mol. The highest BCUT2D eigenvalue weighted by Gasteiger charge is 2.46. The van der Waals surface area contributed by atoms with Crippen molar-refractivity contribution in [3.05, 3.63) is 239 Å². The zero-order chi connectivity index (χ0) is 34.9. The second-order valence-corrected chi connectivity index (χ2v) is 14.0. The molecule has 0 aromatic heterocycles. The van der Waals surface area contributed by atoms with E-state index in [0.717, 1.165) is 38.6 Å². The monoisotopic (exact) mass is 730 g/mol. The molecule has 0 amide bonds. The van der Waals surface area contributed by atoms with Gasteiger partial charge in [0.1, 0.15) is 0 Å². The van der Waals surface area contributed by atoms with Crippen LogP contribution in [0.4, 0.5) is 34.1 Å². The molecule has 0 radical (unpaired) electrons. The Morgan fingerprint density at radius 3 is 1.21 bits per heavy atom. The molecule has 1 aliphatic carbocycles. The fraction of sp³-hybridized carbons (Fsp3) is 0.0204. The quantitative estimate of drug-likeness (QED) is 0.154. The van der Waals surface area contributed by atoms with Crippen LogP contribution >= 0.6 is 15.9 Å². The van der Waals surface area contributed by atoms with E-state index in [2.05, 4.69) is 238 Å². The minimum Gasteiger partial charge on any atom is -0.310 e. The van der Waals surface area contributed by atoms with Gasteiger partial charge in [0.25, 0.3) is 0 Å². The third kappa shape index (κ3) is 5.42. The van der Waals surface area contributed by atoms with Crippen LogP contribution in [-0.4, -0.2) is 0 Å². The molecule has 0 fully saturated rings. The van der Waals surface area contributed by atoms with Crippen molar-refractivity contribution >= 4 is 50.1 Å². The van der Waals surface area contributed by atoms with Crippen molar-refractivity contribution < 1.29 is 0 Å². The Bertz CT molecular complexity index is 2390. The molecule has 0 spiro atoms. The molecule has 0 bridgehead atoms. The zero-order valence-electron chi connectivity index (χ0n) is 28.5. The van der Waals surface area contributed by atoms with E-state index in [4.69, 9.17) is 0 Å². The van der Waals surface area contributed by atoms with E-state index in [1.54, 1.807) is 0 Å². The van der Waals surface area contributed by atoms with E-state index in [1.165, 1.54) is 33.4 Å². The van der Waals surface area contributed by atoms with Crippen LogP contribution in [0.1, 0.15) is 22.3 Å². The minimum absolute atomic E-state index is 0.493. The molecule has 0 aliphatic heterocycles. The Labute approximate surface area is 314 Å². The van der Waals surface area contributed by atoms with Crippen molar-refractivity contribution in [2.24, 2.45) is 0 Å². The molecule has 1 aliphatic rings. The van der Waals surface area contributed by atoms with Crippen molar-refractivity contribution in [1.29, 1.82) is 0 Å². The molecule has 52 heavy (non-hydrogen) atoms. The van der Waals surface area contributed by atoms with Crippen LogP contribution in [0.15, 0.2) is 217 Å². The number of para-hydroxylation sites is 3. The third-order valence-electron chi connectivity index (χ3n) is 10.1. The summed E-state index contributed by atoms with van der Waals surface area (Å²) in [5, 5.41) is 0. The summed E-state index contributed by atoms with van der Waals surface area (Å²) >= 11 is 3.94. The molecule has 0 heterocycles. The van der Waals surface area contributed by atoms with E-state index < -0.39 is 5.41 Å². The number of hydrogen-bond acceptors (Lipinski definition) is 2. The van der Waals surface area contributed by atoms with Gasteiger partial charge in [-0.3, -0.25) is 0 Å². The van der Waals surface area contributed by atoms with E-state index in [0.29, 0.717) is 0 Å². The van der Waals surface area contributed by atoms with Crippen LogP contribution in [0, 0.1) is 0 Å². The minimum atomic E-state index is -0.493. The average Bonchev–Trinajstić information content (AvgIpc) is 3.50. The summed E-state index contributed by atoms with van der Waals surface area (Å²) in [7, 11) is 0. The van der Waals surface area contributed by atoms with Crippen molar-refractivity contribution in [2.75, 3.05) is 9.80 Å². The number of hydrogen-bond donors (Lipinski definition) is 0. The second kappa shape index (κ2) is 13.5. The van der Waals surface area contributed by atoms with E-state index in [1.807, 2.05) is 0 Å². The SMILES string of the molecule is Brc1cc(N(c2ccccc2)c2ccccc2)cc(N(c2ccccc2)c2ccc3c(c2)C(c2ccccc2)(c2ccccc2)c2ccccc2-3)c1. The number of benzene rings is 8. The van der Waals surface area contributed by atoms with Gasteiger partial charge in [-0.15, -0.1) is 0 Å². The van der Waals surface area contributed by atoms with Crippen LogP contribution in [-0.2, 0) is 5.41 Å². The van der Waals surface area contributed by atoms with Crippen LogP contribution in [0.25, 0.3) is 11.1 Å². The Kier molecular flexibility index (Phi) is 8.27. The standard InChI is InChI=1S/C49H35BrN2/c50-38-32-43(51(39-22-10-3-11-23-39)40-24-12-4-13-25-40)34-44(33-38)52(41-26-14-5-15-27-41)42-30-31-46-45-28-16-17-29-47(45)49(48(46)35-42,36-18-6-1-7-19-36)37-20-8-2-9-21-37/h1-35H. The molecule has 0 atom stereocenters.